The van der Waals surface area contributed by atoms with E-state index in [1.165, 1.54) is 37.3 Å². The van der Waals surface area contributed by atoms with E-state index in [-0.39, 0.29) is 5.41 Å². The first-order valence-corrected chi connectivity index (χ1v) is 9.70. The fraction of sp³-hybridized carbons (Fsp3) is 0.435. The fourth-order valence-electron chi connectivity index (χ4n) is 3.78. The molecule has 1 aromatic carbocycles. The van der Waals surface area contributed by atoms with Gasteiger partial charge < -0.3 is 19.5 Å². The molecule has 1 fully saturated rings. The number of benzene rings is 1. The summed E-state index contributed by atoms with van der Waals surface area (Å²) < 4.78 is 15.7. The molecule has 3 rings (SSSR count). The van der Waals surface area contributed by atoms with Crippen LogP contribution in [0.4, 0.5) is 0 Å². The molecule has 5 heteroatoms. The molecule has 28 heavy (non-hydrogen) atoms. The molecular weight excluding hydrogens is 354 g/mol. The quantitative estimate of drug-likeness (QED) is 0.560. The number of ether oxygens (including phenoxy) is 3. The number of methoxy groups -OCH3 is 2. The smallest absolute Gasteiger partial charge is 0.161 e. The number of aldehydes is 1. The summed E-state index contributed by atoms with van der Waals surface area (Å²) in [7, 11) is 5.40. The molecule has 1 N–H and O–H groups in total. The summed E-state index contributed by atoms with van der Waals surface area (Å²) in [5, 5.41) is 3.34. The summed E-state index contributed by atoms with van der Waals surface area (Å²) in [6, 6.07) is 6.34. The van der Waals surface area contributed by atoms with E-state index in [4.69, 9.17) is 14.2 Å². The SMILES string of the molecule is CNCC1(c2ccc(OC)c(OC)c2)CCCC1.O=C/C=C/C1=CCC=CO1. The van der Waals surface area contributed by atoms with Crippen molar-refractivity contribution in [1.29, 1.82) is 0 Å². The van der Waals surface area contributed by atoms with E-state index in [1.807, 2.05) is 25.3 Å². The zero-order valence-electron chi connectivity index (χ0n) is 17.1. The van der Waals surface area contributed by atoms with Crippen LogP contribution < -0.4 is 14.8 Å². The minimum atomic E-state index is 0.272. The second kappa shape index (κ2) is 11.3. The maximum Gasteiger partial charge on any atom is 0.161 e. The topological polar surface area (TPSA) is 56.8 Å². The number of allylic oxidation sites excluding steroid dienone is 4. The van der Waals surface area contributed by atoms with Crippen LogP contribution in [0, 0.1) is 0 Å². The van der Waals surface area contributed by atoms with Gasteiger partial charge in [0, 0.05) is 12.0 Å². The Kier molecular flexibility index (Phi) is 8.82. The second-order valence-corrected chi connectivity index (χ2v) is 6.91. The maximum absolute atomic E-state index is 9.86. The molecule has 0 bridgehead atoms. The summed E-state index contributed by atoms with van der Waals surface area (Å²) in [5.74, 6) is 2.37. The van der Waals surface area contributed by atoms with Gasteiger partial charge in [0.15, 0.2) is 11.5 Å². The van der Waals surface area contributed by atoms with Crippen molar-refractivity contribution in [3.8, 4) is 11.5 Å². The van der Waals surface area contributed by atoms with E-state index in [0.29, 0.717) is 0 Å². The molecule has 0 unspecified atom stereocenters. The van der Waals surface area contributed by atoms with Crippen LogP contribution in [0.5, 0.6) is 11.5 Å². The molecule has 1 aromatic rings. The molecule has 1 aliphatic carbocycles. The molecule has 0 radical (unpaired) electrons. The minimum Gasteiger partial charge on any atom is -0.493 e. The van der Waals surface area contributed by atoms with Gasteiger partial charge >= 0.3 is 0 Å². The van der Waals surface area contributed by atoms with Crippen molar-refractivity contribution < 1.29 is 19.0 Å². The van der Waals surface area contributed by atoms with Crippen molar-refractivity contribution in [1.82, 2.24) is 5.32 Å². The van der Waals surface area contributed by atoms with Crippen LogP contribution in [0.15, 0.2) is 54.5 Å². The Morgan fingerprint density at radius 1 is 1.18 bits per heavy atom. The normalized spacial score (nSPS) is 17.3. The molecule has 0 spiro atoms. The van der Waals surface area contributed by atoms with Crippen LogP contribution >= 0.6 is 0 Å². The highest BCUT2D eigenvalue weighted by Gasteiger charge is 2.35. The lowest BCUT2D eigenvalue weighted by Gasteiger charge is -2.30. The van der Waals surface area contributed by atoms with Gasteiger partial charge in [-0.3, -0.25) is 4.79 Å². The third-order valence-corrected chi connectivity index (χ3v) is 5.17. The lowest BCUT2D eigenvalue weighted by molar-refractivity contribution is -0.104. The van der Waals surface area contributed by atoms with E-state index in [9.17, 15) is 4.79 Å². The lowest BCUT2D eigenvalue weighted by atomic mass is 9.78. The van der Waals surface area contributed by atoms with Gasteiger partial charge in [-0.1, -0.05) is 18.9 Å². The Morgan fingerprint density at radius 2 is 1.93 bits per heavy atom. The Labute approximate surface area is 168 Å². The van der Waals surface area contributed by atoms with Gasteiger partial charge in [-0.05, 0) is 68.3 Å². The largest absolute Gasteiger partial charge is 0.493 e. The molecular formula is C23H31NO4. The predicted octanol–water partition coefficient (Wildman–Crippen LogP) is 4.29. The standard InChI is InChI=1S/C15H23NO2.C8H8O2/c1-16-11-15(8-4-5-9-15)12-6-7-13(17-2)14(10-12)18-3;9-6-3-5-8-4-1-2-7-10-8/h6-7,10,16H,4-5,8-9,11H2,1-3H3;2-7H,1H2/b;5-3+. The van der Waals surface area contributed by atoms with Crippen LogP contribution in [-0.4, -0.2) is 34.1 Å². The zero-order chi connectivity index (χ0) is 20.2. The van der Waals surface area contributed by atoms with E-state index in [0.717, 1.165) is 36.5 Å². The fourth-order valence-corrected chi connectivity index (χ4v) is 3.78. The summed E-state index contributed by atoms with van der Waals surface area (Å²) in [6.07, 6.45) is 15.2. The number of carbonyl (C=O) groups is 1. The summed E-state index contributed by atoms with van der Waals surface area (Å²) in [6.45, 7) is 1.03. The van der Waals surface area contributed by atoms with E-state index >= 15 is 0 Å². The Balaban J connectivity index is 0.000000237. The first-order valence-electron chi connectivity index (χ1n) is 9.70. The molecule has 0 aromatic heterocycles. The van der Waals surface area contributed by atoms with Crippen LogP contribution in [0.2, 0.25) is 0 Å². The van der Waals surface area contributed by atoms with Crippen molar-refractivity contribution >= 4 is 6.29 Å². The van der Waals surface area contributed by atoms with Gasteiger partial charge in [-0.2, -0.15) is 0 Å². The van der Waals surface area contributed by atoms with Crippen LogP contribution in [0.25, 0.3) is 0 Å². The summed E-state index contributed by atoms with van der Waals surface area (Å²) in [5.41, 5.74) is 1.64. The highest BCUT2D eigenvalue weighted by Crippen LogP contribution is 2.43. The predicted molar refractivity (Wildman–Crippen MR) is 112 cm³/mol. The van der Waals surface area contributed by atoms with Crippen molar-refractivity contribution in [2.75, 3.05) is 27.8 Å². The molecule has 2 aliphatic rings. The van der Waals surface area contributed by atoms with Gasteiger partial charge in [0.1, 0.15) is 12.0 Å². The summed E-state index contributed by atoms with van der Waals surface area (Å²) >= 11 is 0. The third-order valence-electron chi connectivity index (χ3n) is 5.17. The van der Waals surface area contributed by atoms with Crippen molar-refractivity contribution in [2.45, 2.75) is 37.5 Å². The minimum absolute atomic E-state index is 0.272. The number of likely N-dealkylation sites (N-methyl/N-ethyl adjacent to an activating group) is 1. The molecule has 1 saturated carbocycles. The van der Waals surface area contributed by atoms with E-state index in [1.54, 1.807) is 26.6 Å². The Bertz CT molecular complexity index is 713. The zero-order valence-corrected chi connectivity index (χ0v) is 17.1. The average molecular weight is 386 g/mol. The number of hydrogen-bond donors (Lipinski definition) is 1. The Morgan fingerprint density at radius 3 is 2.50 bits per heavy atom. The molecule has 152 valence electrons. The molecule has 0 amide bonds. The van der Waals surface area contributed by atoms with Crippen molar-refractivity contribution in [3.63, 3.8) is 0 Å². The number of rotatable bonds is 7. The van der Waals surface area contributed by atoms with Gasteiger partial charge in [0.2, 0.25) is 0 Å². The van der Waals surface area contributed by atoms with Crippen molar-refractivity contribution in [3.05, 3.63) is 60.1 Å². The second-order valence-electron chi connectivity index (χ2n) is 6.91. The summed E-state index contributed by atoms with van der Waals surface area (Å²) in [4.78, 5) is 9.86. The highest BCUT2D eigenvalue weighted by atomic mass is 16.5. The maximum atomic E-state index is 9.86. The molecule has 0 atom stereocenters. The highest BCUT2D eigenvalue weighted by molar-refractivity contribution is 5.65. The number of hydrogen-bond acceptors (Lipinski definition) is 5. The van der Waals surface area contributed by atoms with E-state index in [2.05, 4.69) is 17.4 Å². The van der Waals surface area contributed by atoms with Gasteiger partial charge in [-0.25, -0.2) is 0 Å². The molecule has 1 aliphatic heterocycles. The van der Waals surface area contributed by atoms with Crippen molar-refractivity contribution in [2.24, 2.45) is 0 Å². The monoisotopic (exact) mass is 385 g/mol. The number of nitrogens with one attached hydrogen (secondary N) is 1. The van der Waals surface area contributed by atoms with Crippen LogP contribution in [0.3, 0.4) is 0 Å². The third kappa shape index (κ3) is 5.73. The van der Waals surface area contributed by atoms with Gasteiger partial charge in [-0.15, -0.1) is 0 Å². The van der Waals surface area contributed by atoms with E-state index < -0.39 is 0 Å². The average Bonchev–Trinajstić information content (AvgIpc) is 3.23. The van der Waals surface area contributed by atoms with Gasteiger partial charge in [0.05, 0.1) is 20.5 Å². The first-order chi connectivity index (χ1) is 13.7. The molecule has 0 saturated heterocycles. The molecule has 1 heterocycles. The van der Waals surface area contributed by atoms with Crippen LogP contribution in [-0.2, 0) is 14.9 Å². The van der Waals surface area contributed by atoms with Gasteiger partial charge in [0.25, 0.3) is 0 Å². The van der Waals surface area contributed by atoms with Crippen LogP contribution in [0.1, 0.15) is 37.7 Å². The lowest BCUT2D eigenvalue weighted by Crippen LogP contribution is -2.34. The Hall–Kier alpha value is -2.53. The first kappa shape index (κ1) is 21.8. The number of carbonyl (C=O) groups excluding carboxylic acids is 1. The molecule has 5 nitrogen and oxygen atoms in total.